The number of hydrogen-bond donors (Lipinski definition) is 1. The van der Waals surface area contributed by atoms with Crippen molar-refractivity contribution in [1.82, 2.24) is 0 Å². The Morgan fingerprint density at radius 3 is 2.78 bits per heavy atom. The Kier molecular flexibility index (Phi) is 3.84. The van der Waals surface area contributed by atoms with Gasteiger partial charge in [-0.15, -0.1) is 0 Å². The first-order chi connectivity index (χ1) is 8.60. The molecule has 2 unspecified atom stereocenters. The zero-order chi connectivity index (χ0) is 13.1. The molecule has 1 aromatic carbocycles. The molecule has 1 fully saturated rings. The minimum Gasteiger partial charge on any atom is -0.382 e. The predicted molar refractivity (Wildman–Crippen MR) is 72.9 cm³/mol. The standard InChI is InChI=1S/C14H20N2O2/c1-3-11-4-5-13(9-11)15-12-6-7-14(16(17)18)10(2)8-12/h6-8,11,13,15H,3-5,9H2,1-2H3. The van der Waals surface area contributed by atoms with E-state index in [1.165, 1.54) is 25.7 Å². The van der Waals surface area contributed by atoms with Gasteiger partial charge in [0.25, 0.3) is 5.69 Å². The summed E-state index contributed by atoms with van der Waals surface area (Å²) in [5, 5.41) is 14.2. The smallest absolute Gasteiger partial charge is 0.272 e. The fraction of sp³-hybridized carbons (Fsp3) is 0.571. The quantitative estimate of drug-likeness (QED) is 0.649. The molecule has 0 bridgehead atoms. The van der Waals surface area contributed by atoms with Crippen LogP contribution in [0.2, 0.25) is 0 Å². The van der Waals surface area contributed by atoms with Crippen LogP contribution in [0, 0.1) is 23.0 Å². The topological polar surface area (TPSA) is 55.2 Å². The third-order valence-electron chi connectivity index (χ3n) is 3.88. The maximum absolute atomic E-state index is 10.7. The lowest BCUT2D eigenvalue weighted by molar-refractivity contribution is -0.385. The van der Waals surface area contributed by atoms with Crippen molar-refractivity contribution in [2.75, 3.05) is 5.32 Å². The van der Waals surface area contributed by atoms with Gasteiger partial charge in [-0.1, -0.05) is 13.3 Å². The van der Waals surface area contributed by atoms with Crippen molar-refractivity contribution in [1.29, 1.82) is 0 Å². The highest BCUT2D eigenvalue weighted by molar-refractivity contribution is 5.54. The Labute approximate surface area is 108 Å². The lowest BCUT2D eigenvalue weighted by Crippen LogP contribution is -2.15. The predicted octanol–water partition coefficient (Wildman–Crippen LogP) is 3.89. The lowest BCUT2D eigenvalue weighted by Gasteiger charge is -2.14. The summed E-state index contributed by atoms with van der Waals surface area (Å²) < 4.78 is 0. The Bertz CT molecular complexity index is 445. The number of aryl methyl sites for hydroxylation is 1. The van der Waals surface area contributed by atoms with Crippen molar-refractivity contribution in [2.45, 2.75) is 45.6 Å². The van der Waals surface area contributed by atoms with E-state index in [4.69, 9.17) is 0 Å². The van der Waals surface area contributed by atoms with Gasteiger partial charge >= 0.3 is 0 Å². The molecule has 0 amide bonds. The van der Waals surface area contributed by atoms with E-state index in [1.54, 1.807) is 13.0 Å². The van der Waals surface area contributed by atoms with Gasteiger partial charge in [-0.05, 0) is 44.2 Å². The van der Waals surface area contributed by atoms with Crippen LogP contribution in [0.1, 0.15) is 38.2 Å². The van der Waals surface area contributed by atoms with Crippen LogP contribution in [-0.2, 0) is 0 Å². The zero-order valence-corrected chi connectivity index (χ0v) is 11.0. The molecule has 0 spiro atoms. The fourth-order valence-corrected chi connectivity index (χ4v) is 2.76. The Hall–Kier alpha value is -1.58. The molecule has 1 aromatic rings. The molecule has 0 heterocycles. The fourth-order valence-electron chi connectivity index (χ4n) is 2.76. The third-order valence-corrected chi connectivity index (χ3v) is 3.88. The highest BCUT2D eigenvalue weighted by Gasteiger charge is 2.23. The molecule has 1 aliphatic rings. The van der Waals surface area contributed by atoms with Gasteiger partial charge in [0.05, 0.1) is 4.92 Å². The molecular formula is C14H20N2O2. The molecule has 0 aliphatic heterocycles. The number of hydrogen-bond acceptors (Lipinski definition) is 3. The Morgan fingerprint density at radius 1 is 1.44 bits per heavy atom. The molecule has 1 N–H and O–H groups in total. The van der Waals surface area contributed by atoms with Gasteiger partial charge in [0, 0.05) is 23.4 Å². The molecule has 18 heavy (non-hydrogen) atoms. The summed E-state index contributed by atoms with van der Waals surface area (Å²) in [5.74, 6) is 0.835. The SMILES string of the molecule is CCC1CCC(Nc2ccc([N+](=O)[O-])c(C)c2)C1. The van der Waals surface area contributed by atoms with Crippen molar-refractivity contribution < 1.29 is 4.92 Å². The Morgan fingerprint density at radius 2 is 2.22 bits per heavy atom. The number of nitro groups is 1. The largest absolute Gasteiger partial charge is 0.382 e. The molecule has 0 radical (unpaired) electrons. The highest BCUT2D eigenvalue weighted by atomic mass is 16.6. The Balaban J connectivity index is 2.02. The van der Waals surface area contributed by atoms with Crippen LogP contribution >= 0.6 is 0 Å². The van der Waals surface area contributed by atoms with Gasteiger partial charge in [0.1, 0.15) is 0 Å². The van der Waals surface area contributed by atoms with Crippen LogP contribution in [0.15, 0.2) is 18.2 Å². The molecule has 0 saturated heterocycles. The first-order valence-electron chi connectivity index (χ1n) is 6.61. The molecule has 4 nitrogen and oxygen atoms in total. The van der Waals surface area contributed by atoms with E-state index in [2.05, 4.69) is 12.2 Å². The van der Waals surface area contributed by atoms with E-state index in [-0.39, 0.29) is 10.6 Å². The number of benzene rings is 1. The summed E-state index contributed by atoms with van der Waals surface area (Å²) in [5.41, 5.74) is 1.91. The average Bonchev–Trinajstić information content (AvgIpc) is 2.76. The van der Waals surface area contributed by atoms with Crippen LogP contribution in [0.5, 0.6) is 0 Å². The zero-order valence-electron chi connectivity index (χ0n) is 11.0. The first-order valence-corrected chi connectivity index (χ1v) is 6.61. The van der Waals surface area contributed by atoms with Gasteiger partial charge < -0.3 is 5.32 Å². The normalized spacial score (nSPS) is 23.0. The second kappa shape index (κ2) is 5.38. The number of nitrogens with zero attached hydrogens (tertiary/aromatic N) is 1. The molecule has 98 valence electrons. The summed E-state index contributed by atoms with van der Waals surface area (Å²) in [6.07, 6.45) is 4.96. The number of nitro benzene ring substituents is 1. The van der Waals surface area contributed by atoms with Gasteiger partial charge in [-0.3, -0.25) is 10.1 Å². The molecule has 0 aromatic heterocycles. The summed E-state index contributed by atoms with van der Waals surface area (Å²) in [7, 11) is 0. The third kappa shape index (κ3) is 2.81. The maximum Gasteiger partial charge on any atom is 0.272 e. The van der Waals surface area contributed by atoms with E-state index in [9.17, 15) is 10.1 Å². The minimum absolute atomic E-state index is 0.193. The van der Waals surface area contributed by atoms with Crippen LogP contribution in [0.25, 0.3) is 0 Å². The summed E-state index contributed by atoms with van der Waals surface area (Å²) >= 11 is 0. The van der Waals surface area contributed by atoms with E-state index in [0.29, 0.717) is 6.04 Å². The van der Waals surface area contributed by atoms with E-state index >= 15 is 0 Å². The summed E-state index contributed by atoms with van der Waals surface area (Å²) in [4.78, 5) is 10.4. The highest BCUT2D eigenvalue weighted by Crippen LogP contribution is 2.31. The van der Waals surface area contributed by atoms with Crippen LogP contribution in [-0.4, -0.2) is 11.0 Å². The number of nitrogens with one attached hydrogen (secondary N) is 1. The van der Waals surface area contributed by atoms with Crippen molar-refractivity contribution in [2.24, 2.45) is 5.92 Å². The van der Waals surface area contributed by atoms with Crippen LogP contribution in [0.3, 0.4) is 0 Å². The number of rotatable bonds is 4. The summed E-state index contributed by atoms with van der Waals surface area (Å²) in [6, 6.07) is 5.79. The lowest BCUT2D eigenvalue weighted by atomic mass is 10.1. The van der Waals surface area contributed by atoms with E-state index < -0.39 is 0 Å². The molecular weight excluding hydrogens is 228 g/mol. The van der Waals surface area contributed by atoms with Crippen LogP contribution < -0.4 is 5.32 Å². The molecule has 1 saturated carbocycles. The van der Waals surface area contributed by atoms with E-state index in [1.807, 2.05) is 12.1 Å². The number of anilines is 1. The molecule has 2 atom stereocenters. The molecule has 2 rings (SSSR count). The van der Waals surface area contributed by atoms with Gasteiger partial charge in [0.15, 0.2) is 0 Å². The van der Waals surface area contributed by atoms with Crippen molar-refractivity contribution in [3.63, 3.8) is 0 Å². The maximum atomic E-state index is 10.7. The van der Waals surface area contributed by atoms with Gasteiger partial charge in [-0.2, -0.15) is 0 Å². The summed E-state index contributed by atoms with van der Waals surface area (Å²) in [6.45, 7) is 4.02. The first kappa shape index (κ1) is 12.9. The minimum atomic E-state index is -0.332. The molecule has 1 aliphatic carbocycles. The van der Waals surface area contributed by atoms with Crippen molar-refractivity contribution >= 4 is 11.4 Å². The monoisotopic (exact) mass is 248 g/mol. The van der Waals surface area contributed by atoms with Crippen molar-refractivity contribution in [3.05, 3.63) is 33.9 Å². The molecule has 4 heteroatoms. The second-order valence-electron chi connectivity index (χ2n) is 5.19. The average molecular weight is 248 g/mol. The van der Waals surface area contributed by atoms with Crippen LogP contribution in [0.4, 0.5) is 11.4 Å². The van der Waals surface area contributed by atoms with Crippen molar-refractivity contribution in [3.8, 4) is 0 Å². The second-order valence-corrected chi connectivity index (χ2v) is 5.19. The van der Waals surface area contributed by atoms with E-state index in [0.717, 1.165) is 17.2 Å². The van der Waals surface area contributed by atoms with Gasteiger partial charge in [0.2, 0.25) is 0 Å². The van der Waals surface area contributed by atoms with Gasteiger partial charge in [-0.25, -0.2) is 0 Å².